The largest absolute Gasteiger partial charge is 0.489 e. The Labute approximate surface area is 157 Å². The Balaban J connectivity index is 1.69. The minimum atomic E-state index is -4.40. The average Bonchev–Trinajstić information content (AvgIpc) is 3.35. The zero-order valence-corrected chi connectivity index (χ0v) is 14.5. The second-order valence-electron chi connectivity index (χ2n) is 7.19. The lowest BCUT2D eigenvalue weighted by atomic mass is 9.96. The number of alkyl halides is 3. The molecule has 1 aliphatic carbocycles. The number of nitrogens with zero attached hydrogens (tertiary/aromatic N) is 2. The predicted molar refractivity (Wildman–Crippen MR) is 94.1 cm³/mol. The molecule has 1 aromatic heterocycles. The summed E-state index contributed by atoms with van der Waals surface area (Å²) in [5.41, 5.74) is 2.83. The van der Waals surface area contributed by atoms with E-state index in [4.69, 9.17) is 4.74 Å². The van der Waals surface area contributed by atoms with Crippen LogP contribution in [0.5, 0.6) is 5.75 Å². The first-order valence-corrected chi connectivity index (χ1v) is 8.89. The van der Waals surface area contributed by atoms with Crippen LogP contribution in [-0.2, 0) is 17.5 Å². The van der Waals surface area contributed by atoms with Gasteiger partial charge in [-0.25, -0.2) is 4.98 Å². The standard InChI is InChI=1S/C20H15F3N2O3/c21-20(22,23)11-3-1-10(2-4-11)12-7-14(13-8-15(13)19(26)27)16-17-18(12)28-6-5-25(17)9-24-16/h1-4,7,9,13,15H,5-6,8H2,(H,26,27)/t13-,15+/m1/s1. The number of aromatic nitrogens is 2. The monoisotopic (exact) mass is 388 g/mol. The van der Waals surface area contributed by atoms with E-state index in [1.54, 1.807) is 6.33 Å². The van der Waals surface area contributed by atoms with Gasteiger partial charge in [0.2, 0.25) is 0 Å². The number of hydrogen-bond acceptors (Lipinski definition) is 3. The first-order chi connectivity index (χ1) is 13.3. The lowest BCUT2D eigenvalue weighted by molar-refractivity contribution is -0.139. The molecule has 2 aliphatic rings. The van der Waals surface area contributed by atoms with Gasteiger partial charge in [0.05, 0.1) is 29.9 Å². The maximum Gasteiger partial charge on any atom is 0.416 e. The number of carbonyl (C=O) groups is 1. The predicted octanol–water partition coefficient (Wildman–Crippen LogP) is 4.30. The van der Waals surface area contributed by atoms with Gasteiger partial charge in [0.15, 0.2) is 5.75 Å². The van der Waals surface area contributed by atoms with Crippen LogP contribution in [0.1, 0.15) is 23.5 Å². The third kappa shape index (κ3) is 2.55. The van der Waals surface area contributed by atoms with Crippen molar-refractivity contribution in [2.45, 2.75) is 25.1 Å². The van der Waals surface area contributed by atoms with E-state index in [9.17, 15) is 23.1 Å². The minimum Gasteiger partial charge on any atom is -0.489 e. The molecule has 0 amide bonds. The highest BCUT2D eigenvalue weighted by molar-refractivity contribution is 5.95. The fourth-order valence-corrected chi connectivity index (χ4v) is 3.96. The number of halogens is 3. The van der Waals surface area contributed by atoms with Gasteiger partial charge >= 0.3 is 12.1 Å². The van der Waals surface area contributed by atoms with Crippen molar-refractivity contribution in [3.05, 3.63) is 47.8 Å². The van der Waals surface area contributed by atoms with Crippen LogP contribution in [0, 0.1) is 5.92 Å². The Morgan fingerprint density at radius 2 is 2.00 bits per heavy atom. The third-order valence-electron chi connectivity index (χ3n) is 5.48. The molecule has 1 fully saturated rings. The molecule has 0 saturated heterocycles. The van der Waals surface area contributed by atoms with Crippen molar-refractivity contribution in [3.63, 3.8) is 0 Å². The number of carboxylic acid groups (broad SMARTS) is 1. The molecule has 28 heavy (non-hydrogen) atoms. The lowest BCUT2D eigenvalue weighted by Gasteiger charge is -2.21. The minimum absolute atomic E-state index is 0.148. The van der Waals surface area contributed by atoms with Crippen molar-refractivity contribution < 1.29 is 27.8 Å². The number of hydrogen-bond donors (Lipinski definition) is 1. The molecule has 0 bridgehead atoms. The van der Waals surface area contributed by atoms with Gasteiger partial charge in [0, 0.05) is 11.5 Å². The first-order valence-electron chi connectivity index (χ1n) is 8.89. The summed E-state index contributed by atoms with van der Waals surface area (Å²) >= 11 is 0. The number of carboxylic acids is 1. The highest BCUT2D eigenvalue weighted by atomic mass is 19.4. The van der Waals surface area contributed by atoms with Crippen LogP contribution in [0.3, 0.4) is 0 Å². The number of ether oxygens (including phenoxy) is 1. The normalized spacial score (nSPS) is 20.8. The number of aliphatic carboxylic acids is 1. The molecule has 8 heteroatoms. The Bertz CT molecular complexity index is 1100. The van der Waals surface area contributed by atoms with Crippen molar-refractivity contribution in [2.24, 2.45) is 5.92 Å². The number of benzene rings is 2. The Morgan fingerprint density at radius 3 is 2.64 bits per heavy atom. The molecule has 144 valence electrons. The molecule has 2 aromatic carbocycles. The van der Waals surface area contributed by atoms with Crippen LogP contribution in [0.2, 0.25) is 0 Å². The van der Waals surface area contributed by atoms with E-state index in [2.05, 4.69) is 4.98 Å². The molecule has 2 heterocycles. The first kappa shape index (κ1) is 17.1. The van der Waals surface area contributed by atoms with Crippen LogP contribution in [0.25, 0.3) is 22.2 Å². The molecule has 0 radical (unpaired) electrons. The van der Waals surface area contributed by atoms with Gasteiger partial charge in [-0.1, -0.05) is 12.1 Å². The molecule has 0 spiro atoms. The molecule has 5 nitrogen and oxygen atoms in total. The molecular weight excluding hydrogens is 373 g/mol. The molecule has 0 unspecified atom stereocenters. The van der Waals surface area contributed by atoms with Crippen LogP contribution >= 0.6 is 0 Å². The van der Waals surface area contributed by atoms with Crippen molar-refractivity contribution in [2.75, 3.05) is 6.61 Å². The van der Waals surface area contributed by atoms with Crippen LogP contribution < -0.4 is 4.74 Å². The van der Waals surface area contributed by atoms with Gasteiger partial charge in [0.25, 0.3) is 0 Å². The maximum absolute atomic E-state index is 12.9. The second-order valence-corrected chi connectivity index (χ2v) is 7.19. The zero-order chi connectivity index (χ0) is 19.6. The SMILES string of the molecule is O=C(O)[C@H]1C[C@@H]1c1cc(-c2ccc(C(F)(F)F)cc2)c2c3c1ncn3CCO2. The fourth-order valence-electron chi connectivity index (χ4n) is 3.96. The van der Waals surface area contributed by atoms with Gasteiger partial charge in [-0.15, -0.1) is 0 Å². The summed E-state index contributed by atoms with van der Waals surface area (Å²) in [6.45, 7) is 1.05. The topological polar surface area (TPSA) is 64.3 Å². The van der Waals surface area contributed by atoms with Crippen molar-refractivity contribution in [1.82, 2.24) is 9.55 Å². The van der Waals surface area contributed by atoms with Gasteiger partial charge < -0.3 is 14.4 Å². The summed E-state index contributed by atoms with van der Waals surface area (Å²) < 4.78 is 46.5. The second kappa shape index (κ2) is 5.73. The van der Waals surface area contributed by atoms with Crippen molar-refractivity contribution >= 4 is 17.0 Å². The zero-order valence-electron chi connectivity index (χ0n) is 14.5. The third-order valence-corrected chi connectivity index (χ3v) is 5.48. The summed E-state index contributed by atoms with van der Waals surface area (Å²) in [7, 11) is 0. The highest BCUT2D eigenvalue weighted by Crippen LogP contribution is 2.52. The number of rotatable bonds is 3. The van der Waals surface area contributed by atoms with Gasteiger partial charge in [-0.05, 0) is 35.7 Å². The molecule has 3 aromatic rings. The Kier molecular flexibility index (Phi) is 3.50. The van der Waals surface area contributed by atoms with Gasteiger partial charge in [-0.2, -0.15) is 13.2 Å². The van der Waals surface area contributed by atoms with Gasteiger partial charge in [-0.3, -0.25) is 4.79 Å². The van der Waals surface area contributed by atoms with E-state index in [-0.39, 0.29) is 5.92 Å². The Morgan fingerprint density at radius 1 is 1.25 bits per heavy atom. The summed E-state index contributed by atoms with van der Waals surface area (Å²) in [6.07, 6.45) is -2.17. The summed E-state index contributed by atoms with van der Waals surface area (Å²) in [5.74, 6) is -0.871. The number of imidazole rings is 1. The van der Waals surface area contributed by atoms with Crippen LogP contribution in [0.4, 0.5) is 13.2 Å². The van der Waals surface area contributed by atoms with Crippen LogP contribution in [-0.4, -0.2) is 27.2 Å². The lowest BCUT2D eigenvalue weighted by Crippen LogP contribution is -2.14. The average molecular weight is 388 g/mol. The summed E-state index contributed by atoms with van der Waals surface area (Å²) in [4.78, 5) is 15.8. The van der Waals surface area contributed by atoms with E-state index in [0.29, 0.717) is 42.0 Å². The molecule has 5 rings (SSSR count). The van der Waals surface area contributed by atoms with E-state index >= 15 is 0 Å². The smallest absolute Gasteiger partial charge is 0.416 e. The fraction of sp³-hybridized carbons (Fsp3) is 0.300. The molecule has 1 aliphatic heterocycles. The molecule has 1 N–H and O–H groups in total. The van der Waals surface area contributed by atoms with Crippen molar-refractivity contribution in [1.29, 1.82) is 0 Å². The van der Waals surface area contributed by atoms with E-state index in [1.165, 1.54) is 12.1 Å². The van der Waals surface area contributed by atoms with Crippen molar-refractivity contribution in [3.8, 4) is 16.9 Å². The summed E-state index contributed by atoms with van der Waals surface area (Å²) in [5, 5.41) is 9.31. The van der Waals surface area contributed by atoms with E-state index in [0.717, 1.165) is 23.2 Å². The van der Waals surface area contributed by atoms with E-state index in [1.807, 2.05) is 10.6 Å². The van der Waals surface area contributed by atoms with Crippen LogP contribution in [0.15, 0.2) is 36.7 Å². The quantitative estimate of drug-likeness (QED) is 0.727. The van der Waals surface area contributed by atoms with Gasteiger partial charge in [0.1, 0.15) is 12.1 Å². The molecule has 1 saturated carbocycles. The maximum atomic E-state index is 12.9. The summed E-state index contributed by atoms with van der Waals surface area (Å²) in [6, 6.07) is 6.76. The molecule has 2 atom stereocenters. The molecular formula is C20H15F3N2O3. The van der Waals surface area contributed by atoms with E-state index < -0.39 is 23.6 Å². The highest BCUT2D eigenvalue weighted by Gasteiger charge is 2.46. The Hall–Kier alpha value is -3.03.